The van der Waals surface area contributed by atoms with Crippen molar-refractivity contribution >= 4 is 15.9 Å². The van der Waals surface area contributed by atoms with E-state index in [2.05, 4.69) is 10.3 Å². The van der Waals surface area contributed by atoms with Crippen molar-refractivity contribution in [3.63, 3.8) is 0 Å². The van der Waals surface area contributed by atoms with Crippen LogP contribution < -0.4 is 5.32 Å². The van der Waals surface area contributed by atoms with Crippen LogP contribution in [0.2, 0.25) is 0 Å². The molecule has 1 aliphatic rings. The average Bonchev–Trinajstić information content (AvgIpc) is 3.02. The van der Waals surface area contributed by atoms with Crippen LogP contribution in [0.4, 0.5) is 0 Å². The summed E-state index contributed by atoms with van der Waals surface area (Å²) in [5, 5.41) is 2.80. The number of nitrogens with zero attached hydrogens (tertiary/aromatic N) is 2. The first-order chi connectivity index (χ1) is 10.9. The highest BCUT2D eigenvalue weighted by Gasteiger charge is 2.19. The number of aromatic nitrogens is 1. The Balaban J connectivity index is 1.82. The number of pyridine rings is 1. The number of rotatable bonds is 8. The molecule has 0 aliphatic carbocycles. The minimum atomic E-state index is -3.38. The molecular formula is C15H23N3O4S. The van der Waals surface area contributed by atoms with Crippen molar-refractivity contribution in [1.82, 2.24) is 14.6 Å². The molecule has 1 unspecified atom stereocenters. The van der Waals surface area contributed by atoms with Gasteiger partial charge in [0.25, 0.3) is 0 Å². The van der Waals surface area contributed by atoms with Crippen molar-refractivity contribution in [2.75, 3.05) is 26.0 Å². The third-order valence-electron chi connectivity index (χ3n) is 3.72. The fraction of sp³-hybridized carbons (Fsp3) is 0.600. The molecule has 1 saturated heterocycles. The molecule has 2 rings (SSSR count). The van der Waals surface area contributed by atoms with E-state index in [-0.39, 0.29) is 31.5 Å². The largest absolute Gasteiger partial charge is 0.376 e. The van der Waals surface area contributed by atoms with Crippen molar-refractivity contribution in [1.29, 1.82) is 0 Å². The van der Waals surface area contributed by atoms with Gasteiger partial charge in [0, 0.05) is 45.1 Å². The second kappa shape index (κ2) is 8.37. The fourth-order valence-corrected chi connectivity index (χ4v) is 3.21. The topological polar surface area (TPSA) is 88.6 Å². The van der Waals surface area contributed by atoms with E-state index in [1.807, 2.05) is 0 Å². The van der Waals surface area contributed by atoms with Gasteiger partial charge in [-0.3, -0.25) is 9.78 Å². The Morgan fingerprint density at radius 3 is 2.78 bits per heavy atom. The first kappa shape index (κ1) is 17.8. The van der Waals surface area contributed by atoms with Crippen LogP contribution in [-0.2, 0) is 26.1 Å². The quantitative estimate of drug-likeness (QED) is 0.745. The Hall–Kier alpha value is -1.51. The molecule has 0 radical (unpaired) electrons. The zero-order valence-corrected chi connectivity index (χ0v) is 14.1. The molecule has 1 aliphatic heterocycles. The van der Waals surface area contributed by atoms with Crippen LogP contribution in [0, 0.1) is 0 Å². The first-order valence-corrected chi connectivity index (χ1v) is 9.52. The third kappa shape index (κ3) is 6.25. The van der Waals surface area contributed by atoms with Crippen LogP contribution in [0.15, 0.2) is 24.5 Å². The predicted octanol–water partition coefficient (Wildman–Crippen LogP) is 0.529. The smallest absolute Gasteiger partial charge is 0.221 e. The molecule has 7 nitrogen and oxygen atoms in total. The second-order valence-corrected chi connectivity index (χ2v) is 7.62. The zero-order valence-electron chi connectivity index (χ0n) is 13.3. The van der Waals surface area contributed by atoms with Gasteiger partial charge in [-0.2, -0.15) is 4.31 Å². The minimum Gasteiger partial charge on any atom is -0.376 e. The Labute approximate surface area is 137 Å². The molecule has 8 heteroatoms. The van der Waals surface area contributed by atoms with Crippen molar-refractivity contribution in [2.45, 2.75) is 31.9 Å². The Kier molecular flexibility index (Phi) is 6.49. The van der Waals surface area contributed by atoms with E-state index in [1.165, 1.54) is 4.31 Å². The molecular weight excluding hydrogens is 318 g/mol. The van der Waals surface area contributed by atoms with Gasteiger partial charge in [0.2, 0.25) is 15.9 Å². The lowest BCUT2D eigenvalue weighted by molar-refractivity contribution is -0.121. The Morgan fingerprint density at radius 2 is 2.17 bits per heavy atom. The summed E-state index contributed by atoms with van der Waals surface area (Å²) in [5.74, 6) is -0.163. The lowest BCUT2D eigenvalue weighted by atomic mass is 10.2. The SMILES string of the molecule is CS(=O)(=O)N(CCC(=O)NCC1CCCO1)Cc1ccncc1. The number of carbonyl (C=O) groups excluding carboxylic acids is 1. The molecule has 1 aromatic heterocycles. The lowest BCUT2D eigenvalue weighted by Crippen LogP contribution is -2.36. The molecule has 0 saturated carbocycles. The molecule has 128 valence electrons. The standard InChI is InChI=1S/C15H23N3O4S/c1-23(20,21)18(12-13-4-7-16-8-5-13)9-6-15(19)17-11-14-3-2-10-22-14/h4-5,7-8,14H,2-3,6,9-12H2,1H3,(H,17,19). The van der Waals surface area contributed by atoms with Crippen molar-refractivity contribution < 1.29 is 17.9 Å². The van der Waals surface area contributed by atoms with E-state index in [0.717, 1.165) is 31.3 Å². The normalized spacial score (nSPS) is 18.3. The monoisotopic (exact) mass is 341 g/mol. The molecule has 2 heterocycles. The van der Waals surface area contributed by atoms with E-state index in [0.29, 0.717) is 6.54 Å². The van der Waals surface area contributed by atoms with Crippen molar-refractivity contribution in [3.8, 4) is 0 Å². The van der Waals surface area contributed by atoms with Crippen LogP contribution in [0.3, 0.4) is 0 Å². The fourth-order valence-electron chi connectivity index (χ4n) is 2.40. The molecule has 1 atom stereocenters. The van der Waals surface area contributed by atoms with E-state index in [4.69, 9.17) is 4.74 Å². The maximum absolute atomic E-state index is 11.9. The number of carbonyl (C=O) groups is 1. The van der Waals surface area contributed by atoms with Gasteiger partial charge >= 0.3 is 0 Å². The van der Waals surface area contributed by atoms with Gasteiger partial charge in [0.05, 0.1) is 12.4 Å². The molecule has 1 amide bonds. The van der Waals surface area contributed by atoms with E-state index in [9.17, 15) is 13.2 Å². The summed E-state index contributed by atoms with van der Waals surface area (Å²) in [6.07, 6.45) is 6.57. The van der Waals surface area contributed by atoms with Crippen LogP contribution >= 0.6 is 0 Å². The molecule has 23 heavy (non-hydrogen) atoms. The van der Waals surface area contributed by atoms with E-state index >= 15 is 0 Å². The molecule has 1 N–H and O–H groups in total. The Morgan fingerprint density at radius 1 is 1.43 bits per heavy atom. The van der Waals surface area contributed by atoms with E-state index in [1.54, 1.807) is 24.5 Å². The summed E-state index contributed by atoms with van der Waals surface area (Å²) in [6, 6.07) is 3.52. The number of nitrogens with one attached hydrogen (secondary N) is 1. The molecule has 0 aromatic carbocycles. The van der Waals surface area contributed by atoms with Crippen LogP contribution in [0.1, 0.15) is 24.8 Å². The minimum absolute atomic E-state index is 0.0850. The van der Waals surface area contributed by atoms with E-state index < -0.39 is 10.0 Å². The average molecular weight is 341 g/mol. The van der Waals surface area contributed by atoms with Gasteiger partial charge in [-0.1, -0.05) is 0 Å². The number of sulfonamides is 1. The van der Waals surface area contributed by atoms with Gasteiger partial charge < -0.3 is 10.1 Å². The predicted molar refractivity (Wildman–Crippen MR) is 86.1 cm³/mol. The van der Waals surface area contributed by atoms with Gasteiger partial charge in [0.15, 0.2) is 0 Å². The highest BCUT2D eigenvalue weighted by molar-refractivity contribution is 7.88. The second-order valence-electron chi connectivity index (χ2n) is 5.64. The lowest BCUT2D eigenvalue weighted by Gasteiger charge is -2.20. The van der Waals surface area contributed by atoms with Crippen molar-refractivity contribution in [3.05, 3.63) is 30.1 Å². The number of hydrogen-bond acceptors (Lipinski definition) is 5. The zero-order chi connectivity index (χ0) is 16.7. The van der Waals surface area contributed by atoms with Gasteiger partial charge in [-0.05, 0) is 30.5 Å². The maximum Gasteiger partial charge on any atom is 0.221 e. The summed E-state index contributed by atoms with van der Waals surface area (Å²) in [6.45, 7) is 1.62. The molecule has 1 fully saturated rings. The molecule has 0 spiro atoms. The number of hydrogen-bond donors (Lipinski definition) is 1. The molecule has 0 bridgehead atoms. The van der Waals surface area contributed by atoms with Crippen LogP contribution in [0.5, 0.6) is 0 Å². The summed E-state index contributed by atoms with van der Waals surface area (Å²) < 4.78 is 30.5. The van der Waals surface area contributed by atoms with Gasteiger partial charge in [0.1, 0.15) is 0 Å². The Bertz CT molecular complexity index is 600. The summed E-state index contributed by atoms with van der Waals surface area (Å²) >= 11 is 0. The highest BCUT2D eigenvalue weighted by Crippen LogP contribution is 2.11. The summed E-state index contributed by atoms with van der Waals surface area (Å²) in [5.41, 5.74) is 0.838. The number of ether oxygens (including phenoxy) is 1. The maximum atomic E-state index is 11.9. The molecule has 1 aromatic rings. The summed E-state index contributed by atoms with van der Waals surface area (Å²) in [7, 11) is -3.38. The summed E-state index contributed by atoms with van der Waals surface area (Å²) in [4.78, 5) is 15.8. The third-order valence-corrected chi connectivity index (χ3v) is 4.97. The first-order valence-electron chi connectivity index (χ1n) is 7.67. The highest BCUT2D eigenvalue weighted by atomic mass is 32.2. The van der Waals surface area contributed by atoms with Gasteiger partial charge in [-0.15, -0.1) is 0 Å². The van der Waals surface area contributed by atoms with Crippen molar-refractivity contribution in [2.24, 2.45) is 0 Å². The number of amides is 1. The van der Waals surface area contributed by atoms with Gasteiger partial charge in [-0.25, -0.2) is 8.42 Å². The van der Waals surface area contributed by atoms with Crippen LogP contribution in [0.25, 0.3) is 0 Å². The van der Waals surface area contributed by atoms with Crippen LogP contribution in [-0.4, -0.2) is 55.7 Å².